The Hall–Kier alpha value is -3.81. The number of anilines is 1. The number of rotatable bonds is 8. The summed E-state index contributed by atoms with van der Waals surface area (Å²) in [5.41, 5.74) is 2.44. The molecule has 1 aliphatic rings. The second-order valence-corrected chi connectivity index (χ2v) is 9.05. The number of furan rings is 2. The molecule has 2 heterocycles. The molecule has 35 heavy (non-hydrogen) atoms. The lowest BCUT2D eigenvalue weighted by Crippen LogP contribution is -2.49. The van der Waals surface area contributed by atoms with Gasteiger partial charge in [0.25, 0.3) is 11.8 Å². The predicted molar refractivity (Wildman–Crippen MR) is 131 cm³/mol. The minimum Gasteiger partial charge on any atom is -0.464 e. The van der Waals surface area contributed by atoms with Crippen molar-refractivity contribution in [2.45, 2.75) is 58.5 Å². The van der Waals surface area contributed by atoms with Crippen LogP contribution in [-0.4, -0.2) is 30.3 Å². The zero-order valence-corrected chi connectivity index (χ0v) is 20.3. The first-order valence-corrected chi connectivity index (χ1v) is 11.9. The fourth-order valence-electron chi connectivity index (χ4n) is 4.55. The largest absolute Gasteiger partial charge is 0.464 e. The third-order valence-corrected chi connectivity index (χ3v) is 6.26. The van der Waals surface area contributed by atoms with Gasteiger partial charge in [-0.2, -0.15) is 0 Å². The molecule has 2 aromatic heterocycles. The van der Waals surface area contributed by atoms with Gasteiger partial charge in [0, 0.05) is 11.7 Å². The van der Waals surface area contributed by atoms with Gasteiger partial charge in [0.2, 0.25) is 5.91 Å². The average Bonchev–Trinajstić information content (AvgIpc) is 3.59. The van der Waals surface area contributed by atoms with Crippen LogP contribution in [0.25, 0.3) is 0 Å². The maximum absolute atomic E-state index is 13.7. The standard InChI is InChI=1S/C27H31N3O5/c1-17-10-12-21(18(2)15-17)30(24(31)16-28-26(32)23-9-6-14-34-23)25(22-13-11-19(3)35-22)27(33)29-20-7-4-5-8-20/h6,9-15,20,25H,4-5,7-8,16H2,1-3H3,(H,28,32)(H,29,33)/t25-/m0/s1. The van der Waals surface area contributed by atoms with Crippen LogP contribution in [0.15, 0.2) is 57.6 Å². The molecule has 8 heteroatoms. The van der Waals surface area contributed by atoms with Crippen LogP contribution >= 0.6 is 0 Å². The number of hydrogen-bond donors (Lipinski definition) is 2. The summed E-state index contributed by atoms with van der Waals surface area (Å²) >= 11 is 0. The van der Waals surface area contributed by atoms with E-state index in [9.17, 15) is 14.4 Å². The fourth-order valence-corrected chi connectivity index (χ4v) is 4.55. The van der Waals surface area contributed by atoms with Crippen molar-refractivity contribution in [1.29, 1.82) is 0 Å². The van der Waals surface area contributed by atoms with E-state index >= 15 is 0 Å². The van der Waals surface area contributed by atoms with Crippen LogP contribution in [0.1, 0.15) is 64.9 Å². The molecule has 0 spiro atoms. The van der Waals surface area contributed by atoms with Crippen LogP contribution in [0, 0.1) is 20.8 Å². The van der Waals surface area contributed by atoms with Crippen molar-refractivity contribution in [2.24, 2.45) is 0 Å². The first kappa shape index (κ1) is 24.3. The highest BCUT2D eigenvalue weighted by Gasteiger charge is 2.37. The highest BCUT2D eigenvalue weighted by atomic mass is 16.3. The molecule has 2 N–H and O–H groups in total. The molecule has 0 saturated heterocycles. The second-order valence-electron chi connectivity index (χ2n) is 9.05. The van der Waals surface area contributed by atoms with E-state index in [1.54, 1.807) is 25.1 Å². The van der Waals surface area contributed by atoms with Crippen molar-refractivity contribution >= 4 is 23.4 Å². The SMILES string of the molecule is Cc1ccc(N(C(=O)CNC(=O)c2ccco2)[C@H](C(=O)NC2CCCC2)c2ccc(C)o2)c(C)c1. The summed E-state index contributed by atoms with van der Waals surface area (Å²) in [6.07, 6.45) is 5.34. The third-order valence-electron chi connectivity index (χ3n) is 6.26. The lowest BCUT2D eigenvalue weighted by molar-refractivity contribution is -0.127. The Morgan fingerprint density at radius 2 is 1.83 bits per heavy atom. The highest BCUT2D eigenvalue weighted by molar-refractivity contribution is 6.04. The number of carbonyl (C=O) groups is 3. The quantitative estimate of drug-likeness (QED) is 0.502. The Morgan fingerprint density at radius 3 is 2.46 bits per heavy atom. The molecule has 0 radical (unpaired) electrons. The van der Waals surface area contributed by atoms with Gasteiger partial charge in [-0.15, -0.1) is 0 Å². The summed E-state index contributed by atoms with van der Waals surface area (Å²) in [6, 6.07) is 11.3. The van der Waals surface area contributed by atoms with E-state index < -0.39 is 17.9 Å². The van der Waals surface area contributed by atoms with Crippen LogP contribution in [0.5, 0.6) is 0 Å². The summed E-state index contributed by atoms with van der Waals surface area (Å²) in [5, 5.41) is 5.72. The van der Waals surface area contributed by atoms with Gasteiger partial charge in [-0.1, -0.05) is 30.5 Å². The number of hydrogen-bond acceptors (Lipinski definition) is 5. The Bertz CT molecular complexity index is 1190. The number of aryl methyl sites for hydroxylation is 3. The molecule has 0 bridgehead atoms. The van der Waals surface area contributed by atoms with E-state index in [2.05, 4.69) is 10.6 Å². The van der Waals surface area contributed by atoms with E-state index in [-0.39, 0.29) is 24.3 Å². The number of amides is 3. The fraction of sp³-hybridized carbons (Fsp3) is 0.370. The smallest absolute Gasteiger partial charge is 0.287 e. The molecule has 1 aromatic carbocycles. The normalized spacial score (nSPS) is 14.5. The van der Waals surface area contributed by atoms with Crippen molar-refractivity contribution in [3.05, 3.63) is 77.1 Å². The molecule has 4 rings (SSSR count). The molecule has 1 fully saturated rings. The summed E-state index contributed by atoms with van der Waals surface area (Å²) in [6.45, 7) is 5.33. The van der Waals surface area contributed by atoms with Gasteiger partial charge in [-0.25, -0.2) is 0 Å². The monoisotopic (exact) mass is 477 g/mol. The van der Waals surface area contributed by atoms with E-state index in [1.807, 2.05) is 32.0 Å². The van der Waals surface area contributed by atoms with Gasteiger partial charge in [-0.05, 0) is 69.5 Å². The van der Waals surface area contributed by atoms with Crippen molar-refractivity contribution < 1.29 is 23.2 Å². The van der Waals surface area contributed by atoms with Crippen LogP contribution in [0.4, 0.5) is 5.69 Å². The molecular formula is C27H31N3O5. The van der Waals surface area contributed by atoms with Crippen molar-refractivity contribution in [3.63, 3.8) is 0 Å². The first-order valence-electron chi connectivity index (χ1n) is 11.9. The summed E-state index contributed by atoms with van der Waals surface area (Å²) < 4.78 is 11.0. The van der Waals surface area contributed by atoms with Crippen molar-refractivity contribution in [1.82, 2.24) is 10.6 Å². The molecule has 1 saturated carbocycles. The summed E-state index contributed by atoms with van der Waals surface area (Å²) in [7, 11) is 0. The molecule has 0 unspecified atom stereocenters. The number of carbonyl (C=O) groups excluding carboxylic acids is 3. The number of benzene rings is 1. The molecule has 0 aliphatic heterocycles. The predicted octanol–water partition coefficient (Wildman–Crippen LogP) is 4.36. The Kier molecular flexibility index (Phi) is 7.39. The van der Waals surface area contributed by atoms with Gasteiger partial charge in [0.05, 0.1) is 12.8 Å². The van der Waals surface area contributed by atoms with Gasteiger partial charge in [-0.3, -0.25) is 19.3 Å². The lowest BCUT2D eigenvalue weighted by Gasteiger charge is -2.32. The second kappa shape index (κ2) is 10.6. The van der Waals surface area contributed by atoms with Gasteiger partial charge >= 0.3 is 0 Å². The Balaban J connectivity index is 1.69. The molecule has 3 amide bonds. The maximum Gasteiger partial charge on any atom is 0.287 e. The van der Waals surface area contributed by atoms with Gasteiger partial charge in [0.1, 0.15) is 11.5 Å². The maximum atomic E-state index is 13.7. The average molecular weight is 478 g/mol. The topological polar surface area (TPSA) is 105 Å². The van der Waals surface area contributed by atoms with Gasteiger partial charge in [0.15, 0.2) is 11.8 Å². The van der Waals surface area contributed by atoms with E-state index in [1.165, 1.54) is 17.2 Å². The zero-order valence-electron chi connectivity index (χ0n) is 20.3. The van der Waals surface area contributed by atoms with Crippen LogP contribution in [0.3, 0.4) is 0 Å². The number of nitrogens with zero attached hydrogens (tertiary/aromatic N) is 1. The summed E-state index contributed by atoms with van der Waals surface area (Å²) in [5.74, 6) is -0.159. The minimum absolute atomic E-state index is 0.0655. The third kappa shape index (κ3) is 5.65. The van der Waals surface area contributed by atoms with Gasteiger partial charge < -0.3 is 19.5 Å². The number of nitrogens with one attached hydrogen (secondary N) is 2. The molecular weight excluding hydrogens is 446 g/mol. The highest BCUT2D eigenvalue weighted by Crippen LogP contribution is 2.32. The minimum atomic E-state index is -1.03. The Morgan fingerprint density at radius 1 is 1.06 bits per heavy atom. The zero-order chi connectivity index (χ0) is 24.9. The van der Waals surface area contributed by atoms with Crippen LogP contribution in [0.2, 0.25) is 0 Å². The molecule has 184 valence electrons. The summed E-state index contributed by atoms with van der Waals surface area (Å²) in [4.78, 5) is 41.2. The molecule has 8 nitrogen and oxygen atoms in total. The van der Waals surface area contributed by atoms with Crippen molar-refractivity contribution in [3.8, 4) is 0 Å². The van der Waals surface area contributed by atoms with Crippen molar-refractivity contribution in [2.75, 3.05) is 11.4 Å². The molecule has 1 atom stereocenters. The lowest BCUT2D eigenvalue weighted by atomic mass is 10.0. The molecule has 3 aromatic rings. The molecule has 1 aliphatic carbocycles. The van der Waals surface area contributed by atoms with E-state index in [4.69, 9.17) is 8.83 Å². The van der Waals surface area contributed by atoms with E-state index in [0.29, 0.717) is 17.2 Å². The van der Waals surface area contributed by atoms with E-state index in [0.717, 1.165) is 36.8 Å². The Labute approximate surface area is 204 Å². The van der Waals surface area contributed by atoms with Crippen LogP contribution in [-0.2, 0) is 9.59 Å². The van der Waals surface area contributed by atoms with Crippen LogP contribution < -0.4 is 15.5 Å². The first-order chi connectivity index (χ1) is 16.8.